The van der Waals surface area contributed by atoms with Gasteiger partial charge in [-0.15, -0.1) is 0 Å². The van der Waals surface area contributed by atoms with Crippen LogP contribution in [0, 0.1) is 10.1 Å². The highest BCUT2D eigenvalue weighted by Crippen LogP contribution is 2.30. The number of nitrogens with two attached hydrogens (primary N) is 2. The second-order valence-electron chi connectivity index (χ2n) is 5.56. The maximum atomic E-state index is 12.6. The Kier molecular flexibility index (Phi) is 5.09. The van der Waals surface area contributed by atoms with E-state index in [1.54, 1.807) is 0 Å². The molecule has 0 fully saturated rings. The number of benzene rings is 2. The second kappa shape index (κ2) is 7.34. The van der Waals surface area contributed by atoms with Crippen LogP contribution in [0.1, 0.15) is 15.2 Å². The number of aromatic nitrogens is 1. The first-order chi connectivity index (χ1) is 13.1. The number of anilines is 3. The number of primary sulfonamides is 1. The number of sulfonamides is 1. The summed E-state index contributed by atoms with van der Waals surface area (Å²) < 4.78 is 22.6. The number of nitrogen functional groups attached to an aromatic ring is 1. The minimum Gasteiger partial charge on any atom is -0.382 e. The minimum atomic E-state index is -3.80. The van der Waals surface area contributed by atoms with E-state index in [-0.39, 0.29) is 26.8 Å². The van der Waals surface area contributed by atoms with E-state index in [4.69, 9.17) is 10.9 Å². The summed E-state index contributed by atoms with van der Waals surface area (Å²) in [5.41, 5.74) is 6.24. The Morgan fingerprint density at radius 2 is 1.86 bits per heavy atom. The lowest BCUT2D eigenvalue weighted by Crippen LogP contribution is -2.11. The highest BCUT2D eigenvalue weighted by molar-refractivity contribution is 7.89. The molecule has 0 amide bonds. The zero-order valence-electron chi connectivity index (χ0n) is 14.0. The van der Waals surface area contributed by atoms with E-state index < -0.39 is 20.7 Å². The highest BCUT2D eigenvalue weighted by atomic mass is 32.2. The summed E-state index contributed by atoms with van der Waals surface area (Å²) in [6.45, 7) is 0. The van der Waals surface area contributed by atoms with Crippen molar-refractivity contribution in [3.05, 3.63) is 69.1 Å². The second-order valence-corrected chi connectivity index (χ2v) is 8.12. The van der Waals surface area contributed by atoms with Gasteiger partial charge in [-0.2, -0.15) is 0 Å². The van der Waals surface area contributed by atoms with Gasteiger partial charge in [-0.3, -0.25) is 14.9 Å². The molecule has 28 heavy (non-hydrogen) atoms. The predicted octanol–water partition coefficient (Wildman–Crippen LogP) is 2.26. The van der Waals surface area contributed by atoms with Crippen molar-refractivity contribution < 1.29 is 18.1 Å². The molecule has 0 bridgehead atoms. The van der Waals surface area contributed by atoms with Crippen LogP contribution in [0.5, 0.6) is 0 Å². The number of thiazole rings is 1. The number of non-ortho nitro benzene ring substituents is 1. The number of nitro benzene ring substituents is 1. The fourth-order valence-electron chi connectivity index (χ4n) is 2.29. The fourth-order valence-corrected chi connectivity index (χ4v) is 3.67. The Bertz CT molecular complexity index is 1170. The number of ketones is 1. The van der Waals surface area contributed by atoms with Crippen LogP contribution in [0.15, 0.2) is 53.4 Å². The van der Waals surface area contributed by atoms with Gasteiger partial charge in [0.25, 0.3) is 5.69 Å². The number of nitrogens with one attached hydrogen (secondary N) is 1. The lowest BCUT2D eigenvalue weighted by atomic mass is 10.1. The molecule has 0 spiro atoms. The summed E-state index contributed by atoms with van der Waals surface area (Å²) in [5, 5.41) is 19.1. The monoisotopic (exact) mass is 419 g/mol. The van der Waals surface area contributed by atoms with Crippen LogP contribution in [-0.2, 0) is 10.0 Å². The highest BCUT2D eigenvalue weighted by Gasteiger charge is 2.20. The summed E-state index contributed by atoms with van der Waals surface area (Å²) in [7, 11) is -3.80. The lowest BCUT2D eigenvalue weighted by Gasteiger charge is -2.03. The van der Waals surface area contributed by atoms with Crippen molar-refractivity contribution in [2.45, 2.75) is 4.90 Å². The van der Waals surface area contributed by atoms with Crippen molar-refractivity contribution in [1.29, 1.82) is 0 Å². The van der Waals surface area contributed by atoms with Crippen molar-refractivity contribution in [3.63, 3.8) is 0 Å². The third kappa shape index (κ3) is 4.14. The molecular formula is C16H13N5O5S2. The Morgan fingerprint density at radius 3 is 2.46 bits per heavy atom. The maximum absolute atomic E-state index is 12.6. The molecule has 144 valence electrons. The fraction of sp³-hybridized carbons (Fsp3) is 0. The third-order valence-electron chi connectivity index (χ3n) is 3.61. The van der Waals surface area contributed by atoms with Crippen LogP contribution in [0.4, 0.5) is 22.3 Å². The van der Waals surface area contributed by atoms with Crippen LogP contribution >= 0.6 is 11.3 Å². The van der Waals surface area contributed by atoms with Crippen molar-refractivity contribution >= 4 is 49.5 Å². The van der Waals surface area contributed by atoms with E-state index in [9.17, 15) is 23.3 Å². The molecule has 0 saturated carbocycles. The molecule has 5 N–H and O–H groups in total. The SMILES string of the molecule is Nc1nc(Nc2ccc(S(N)(=O)=O)cc2)sc1C(=O)c1cccc([N+](=O)[O-])c1. The topological polar surface area (TPSA) is 171 Å². The van der Waals surface area contributed by atoms with Gasteiger partial charge in [-0.05, 0) is 24.3 Å². The van der Waals surface area contributed by atoms with Gasteiger partial charge in [-0.1, -0.05) is 23.5 Å². The van der Waals surface area contributed by atoms with Gasteiger partial charge in [0.2, 0.25) is 15.8 Å². The molecule has 0 radical (unpaired) electrons. The van der Waals surface area contributed by atoms with Crippen molar-refractivity contribution in [2.75, 3.05) is 11.1 Å². The number of nitrogens with zero attached hydrogens (tertiary/aromatic N) is 2. The molecule has 0 saturated heterocycles. The number of hydrogen-bond acceptors (Lipinski definition) is 9. The average molecular weight is 419 g/mol. The molecular weight excluding hydrogens is 406 g/mol. The molecule has 2 aromatic carbocycles. The van der Waals surface area contributed by atoms with Gasteiger partial charge in [0.15, 0.2) is 5.13 Å². The van der Waals surface area contributed by atoms with E-state index >= 15 is 0 Å². The van der Waals surface area contributed by atoms with Gasteiger partial charge >= 0.3 is 0 Å². The van der Waals surface area contributed by atoms with E-state index in [0.717, 1.165) is 11.3 Å². The van der Waals surface area contributed by atoms with Crippen molar-refractivity contribution in [3.8, 4) is 0 Å². The smallest absolute Gasteiger partial charge is 0.270 e. The van der Waals surface area contributed by atoms with Gasteiger partial charge in [0.1, 0.15) is 10.7 Å². The van der Waals surface area contributed by atoms with Crippen molar-refractivity contribution in [2.24, 2.45) is 5.14 Å². The Hall–Kier alpha value is -3.35. The summed E-state index contributed by atoms with van der Waals surface area (Å²) >= 11 is 0.972. The number of carbonyl (C=O) groups excluding carboxylic acids is 1. The molecule has 0 aliphatic carbocycles. The van der Waals surface area contributed by atoms with Gasteiger partial charge < -0.3 is 11.1 Å². The Morgan fingerprint density at radius 1 is 1.18 bits per heavy atom. The quantitative estimate of drug-likeness (QED) is 0.310. The van der Waals surface area contributed by atoms with Crippen LogP contribution in [0.3, 0.4) is 0 Å². The average Bonchev–Trinajstić information content (AvgIpc) is 3.01. The predicted molar refractivity (Wildman–Crippen MR) is 104 cm³/mol. The molecule has 0 aliphatic heterocycles. The summed E-state index contributed by atoms with van der Waals surface area (Å²) in [5.74, 6) is -0.513. The number of nitro groups is 1. The zero-order valence-corrected chi connectivity index (χ0v) is 15.7. The van der Waals surface area contributed by atoms with E-state index in [0.29, 0.717) is 10.8 Å². The Labute approximate surface area is 163 Å². The molecule has 3 aromatic rings. The minimum absolute atomic E-state index is 0.0230. The first kappa shape index (κ1) is 19.4. The van der Waals surface area contributed by atoms with Gasteiger partial charge in [0, 0.05) is 23.4 Å². The third-order valence-corrected chi connectivity index (χ3v) is 5.53. The number of carbonyl (C=O) groups is 1. The molecule has 0 atom stereocenters. The normalized spacial score (nSPS) is 11.2. The van der Waals surface area contributed by atoms with Crippen LogP contribution in [-0.4, -0.2) is 24.1 Å². The molecule has 0 aliphatic rings. The lowest BCUT2D eigenvalue weighted by molar-refractivity contribution is -0.384. The molecule has 1 aromatic heterocycles. The summed E-state index contributed by atoms with van der Waals surface area (Å²) in [6.07, 6.45) is 0. The largest absolute Gasteiger partial charge is 0.382 e. The molecule has 10 nitrogen and oxygen atoms in total. The number of rotatable bonds is 6. The maximum Gasteiger partial charge on any atom is 0.270 e. The van der Waals surface area contributed by atoms with E-state index in [2.05, 4.69) is 10.3 Å². The standard InChI is InChI=1S/C16H13N5O5S2/c17-15-14(13(22)9-2-1-3-11(8-9)21(23)24)27-16(20-15)19-10-4-6-12(7-5-10)28(18,25)26/h1-8H,17H2,(H,19,20)(H2,18,25,26). The van der Waals surface area contributed by atoms with Crippen LogP contribution < -0.4 is 16.2 Å². The van der Waals surface area contributed by atoms with E-state index in [1.165, 1.54) is 48.5 Å². The zero-order chi connectivity index (χ0) is 20.5. The summed E-state index contributed by atoms with van der Waals surface area (Å²) in [6, 6.07) is 10.9. The molecule has 0 unspecified atom stereocenters. The van der Waals surface area contributed by atoms with Crippen LogP contribution in [0.25, 0.3) is 0 Å². The Balaban J connectivity index is 1.84. The van der Waals surface area contributed by atoms with Gasteiger partial charge in [-0.25, -0.2) is 18.5 Å². The molecule has 12 heteroatoms. The molecule has 3 rings (SSSR count). The first-order valence-electron chi connectivity index (χ1n) is 7.60. The van der Waals surface area contributed by atoms with Crippen LogP contribution in [0.2, 0.25) is 0 Å². The van der Waals surface area contributed by atoms with E-state index in [1.807, 2.05) is 0 Å². The first-order valence-corrected chi connectivity index (χ1v) is 9.97. The van der Waals surface area contributed by atoms with Gasteiger partial charge in [0.05, 0.1) is 9.82 Å². The van der Waals surface area contributed by atoms with Crippen molar-refractivity contribution in [1.82, 2.24) is 4.98 Å². The number of hydrogen-bond donors (Lipinski definition) is 3. The summed E-state index contributed by atoms with van der Waals surface area (Å²) in [4.78, 5) is 27.1. The molecule has 1 heterocycles.